The molecule has 0 saturated carbocycles. The van der Waals surface area contributed by atoms with Gasteiger partial charge in [0, 0.05) is 5.56 Å². The Bertz CT molecular complexity index is 323. The van der Waals surface area contributed by atoms with Gasteiger partial charge < -0.3 is 10.3 Å². The van der Waals surface area contributed by atoms with Crippen LogP contribution in [0.2, 0.25) is 0 Å². The molecule has 1 rings (SSSR count). The van der Waals surface area contributed by atoms with E-state index in [1.165, 1.54) is 18.2 Å². The van der Waals surface area contributed by atoms with E-state index < -0.39 is 17.3 Å². The molecule has 76 valence electrons. The summed E-state index contributed by atoms with van der Waals surface area (Å²) in [5, 5.41) is 8.91. The molecular weight excluding hydrogens is 199 g/mol. The first-order valence-corrected chi connectivity index (χ1v) is 3.56. The topological polar surface area (TPSA) is 43.4 Å². The summed E-state index contributed by atoms with van der Waals surface area (Å²) >= 11 is 0. The molecule has 0 aliphatic heterocycles. The Labute approximate surface area is 77.3 Å². The van der Waals surface area contributed by atoms with Crippen LogP contribution in [0.25, 0.3) is 0 Å². The highest BCUT2D eigenvalue weighted by molar-refractivity contribution is 5.94. The van der Waals surface area contributed by atoms with Crippen LogP contribution in [0.15, 0.2) is 30.3 Å². The summed E-state index contributed by atoms with van der Waals surface area (Å²) in [6.45, 7) is 0. The maximum absolute atomic E-state index is 11.8. The number of carbonyl (C=O) groups excluding carboxylic acids is 1. The standard InChI is InChI=1S/C8H5F3NO2/c9-8(10,11)12(14)7(13)6-4-2-1-3-5-6/h1-5H/q-1. The molecule has 1 aromatic carbocycles. The number of rotatable bonds is 1. The van der Waals surface area contributed by atoms with E-state index in [1.54, 1.807) is 0 Å². The summed E-state index contributed by atoms with van der Waals surface area (Å²) in [4.78, 5) is 10.9. The van der Waals surface area contributed by atoms with Gasteiger partial charge in [-0.2, -0.15) is 13.2 Å². The second-order valence-corrected chi connectivity index (χ2v) is 2.43. The summed E-state index contributed by atoms with van der Waals surface area (Å²) in [7, 11) is 0. The molecule has 0 heterocycles. The summed E-state index contributed by atoms with van der Waals surface area (Å²) in [6, 6.07) is 6.55. The minimum absolute atomic E-state index is 0.292. The third kappa shape index (κ3) is 2.23. The highest BCUT2D eigenvalue weighted by Crippen LogP contribution is 2.21. The van der Waals surface area contributed by atoms with Crippen molar-refractivity contribution in [2.45, 2.75) is 6.30 Å². The van der Waals surface area contributed by atoms with Gasteiger partial charge in [0.05, 0.1) is 0 Å². The number of carbonyl (C=O) groups is 1. The van der Waals surface area contributed by atoms with Crippen LogP contribution in [-0.4, -0.2) is 17.3 Å². The first-order valence-electron chi connectivity index (χ1n) is 3.56. The summed E-state index contributed by atoms with van der Waals surface area (Å²) in [6.07, 6.45) is -5.19. The predicted molar refractivity (Wildman–Crippen MR) is 42.0 cm³/mol. The lowest BCUT2D eigenvalue weighted by Crippen LogP contribution is -2.37. The predicted octanol–water partition coefficient (Wildman–Crippen LogP) is 2.15. The first-order chi connectivity index (χ1) is 6.43. The average Bonchev–Trinajstić information content (AvgIpc) is 2.15. The second kappa shape index (κ2) is 3.67. The average molecular weight is 204 g/mol. The number of hydroxylamine groups is 2. The quantitative estimate of drug-likeness (QED) is 0.519. The van der Waals surface area contributed by atoms with Gasteiger partial charge in [-0.25, -0.2) is 0 Å². The zero-order valence-electron chi connectivity index (χ0n) is 6.78. The maximum Gasteiger partial charge on any atom is 0.476 e. The van der Waals surface area contributed by atoms with Gasteiger partial charge in [-0.15, -0.1) is 0 Å². The van der Waals surface area contributed by atoms with Gasteiger partial charge in [0.2, 0.25) is 5.91 Å². The lowest BCUT2D eigenvalue weighted by atomic mass is 10.2. The lowest BCUT2D eigenvalue weighted by Gasteiger charge is -2.29. The zero-order chi connectivity index (χ0) is 10.8. The minimum atomic E-state index is -5.19. The fraction of sp³-hybridized carbons (Fsp3) is 0.125. The lowest BCUT2D eigenvalue weighted by molar-refractivity contribution is -0.208. The molecule has 0 aliphatic rings. The smallest absolute Gasteiger partial charge is 0.476 e. The molecule has 0 spiro atoms. The van der Waals surface area contributed by atoms with E-state index in [9.17, 15) is 23.2 Å². The molecule has 0 N–H and O–H groups in total. The van der Waals surface area contributed by atoms with Gasteiger partial charge in [-0.3, -0.25) is 4.79 Å². The summed E-state index contributed by atoms with van der Waals surface area (Å²) in [5.41, 5.74) is -0.292. The van der Waals surface area contributed by atoms with Crippen molar-refractivity contribution in [1.82, 2.24) is 5.06 Å². The van der Waals surface area contributed by atoms with Crippen LogP contribution in [0, 0.1) is 5.21 Å². The maximum atomic E-state index is 11.8. The van der Waals surface area contributed by atoms with Crippen LogP contribution in [0.3, 0.4) is 0 Å². The molecule has 0 atom stereocenters. The van der Waals surface area contributed by atoms with Crippen LogP contribution >= 0.6 is 0 Å². The number of halogens is 3. The molecule has 6 heteroatoms. The van der Waals surface area contributed by atoms with Crippen molar-refractivity contribution >= 4 is 5.91 Å². The van der Waals surface area contributed by atoms with Gasteiger partial charge in [-0.1, -0.05) is 18.2 Å². The van der Waals surface area contributed by atoms with Crippen LogP contribution in [0.1, 0.15) is 10.4 Å². The van der Waals surface area contributed by atoms with Gasteiger partial charge in [0.25, 0.3) is 0 Å². The molecule has 0 saturated heterocycles. The van der Waals surface area contributed by atoms with Crippen molar-refractivity contribution in [2.24, 2.45) is 0 Å². The van der Waals surface area contributed by atoms with E-state index in [2.05, 4.69) is 0 Å². The van der Waals surface area contributed by atoms with Gasteiger partial charge in [-0.05, 0) is 12.1 Å². The molecule has 0 unspecified atom stereocenters. The minimum Gasteiger partial charge on any atom is -0.750 e. The highest BCUT2D eigenvalue weighted by Gasteiger charge is 2.34. The van der Waals surface area contributed by atoms with E-state index in [0.29, 0.717) is 0 Å². The SMILES string of the molecule is O=C(c1ccccc1)N([O-])C(F)(F)F. The third-order valence-electron chi connectivity index (χ3n) is 1.44. The molecule has 14 heavy (non-hydrogen) atoms. The summed E-state index contributed by atoms with van der Waals surface area (Å²) < 4.78 is 35.3. The van der Waals surface area contributed by atoms with Crippen molar-refractivity contribution in [2.75, 3.05) is 0 Å². The van der Waals surface area contributed by atoms with Crippen molar-refractivity contribution in [3.8, 4) is 0 Å². The Morgan fingerprint density at radius 3 is 2.14 bits per heavy atom. The van der Waals surface area contributed by atoms with E-state index in [4.69, 9.17) is 0 Å². The molecule has 0 aliphatic carbocycles. The van der Waals surface area contributed by atoms with Gasteiger partial charge in [0.1, 0.15) is 0 Å². The number of benzene rings is 1. The number of nitrogens with zero attached hydrogens (tertiary/aromatic N) is 1. The molecule has 0 fully saturated rings. The van der Waals surface area contributed by atoms with E-state index >= 15 is 0 Å². The molecule has 0 radical (unpaired) electrons. The molecule has 0 aromatic heterocycles. The Morgan fingerprint density at radius 2 is 1.71 bits per heavy atom. The number of hydrogen-bond acceptors (Lipinski definition) is 2. The Kier molecular flexibility index (Phi) is 2.76. The van der Waals surface area contributed by atoms with Crippen molar-refractivity contribution in [1.29, 1.82) is 0 Å². The fourth-order valence-electron chi connectivity index (χ4n) is 0.813. The summed E-state index contributed by atoms with van der Waals surface area (Å²) in [5.74, 6) is -1.61. The van der Waals surface area contributed by atoms with Crippen molar-refractivity contribution in [3.63, 3.8) is 0 Å². The molecule has 1 aromatic rings. The van der Waals surface area contributed by atoms with Crippen LogP contribution in [0.4, 0.5) is 13.2 Å². The first kappa shape index (κ1) is 10.5. The van der Waals surface area contributed by atoms with E-state index in [0.717, 1.165) is 12.1 Å². The zero-order valence-corrected chi connectivity index (χ0v) is 6.78. The van der Waals surface area contributed by atoms with Crippen LogP contribution in [0.5, 0.6) is 0 Å². The third-order valence-corrected chi connectivity index (χ3v) is 1.44. The molecule has 0 bridgehead atoms. The normalized spacial score (nSPS) is 11.1. The number of amides is 1. The van der Waals surface area contributed by atoms with Gasteiger partial charge in [0.15, 0.2) is 0 Å². The molecular formula is C8H5F3NO2-. The van der Waals surface area contributed by atoms with E-state index in [-0.39, 0.29) is 5.56 Å². The highest BCUT2D eigenvalue weighted by atomic mass is 19.4. The van der Waals surface area contributed by atoms with Crippen LogP contribution < -0.4 is 0 Å². The largest absolute Gasteiger partial charge is 0.750 e. The van der Waals surface area contributed by atoms with Crippen LogP contribution in [-0.2, 0) is 0 Å². The van der Waals surface area contributed by atoms with Gasteiger partial charge >= 0.3 is 6.30 Å². The Balaban J connectivity index is 2.87. The fourth-order valence-corrected chi connectivity index (χ4v) is 0.813. The molecule has 3 nitrogen and oxygen atoms in total. The van der Waals surface area contributed by atoms with Crippen molar-refractivity contribution < 1.29 is 18.0 Å². The Hall–Kier alpha value is -1.56. The molecule has 1 amide bonds. The van der Waals surface area contributed by atoms with E-state index in [1.807, 2.05) is 0 Å². The second-order valence-electron chi connectivity index (χ2n) is 2.43. The monoisotopic (exact) mass is 204 g/mol. The Morgan fingerprint density at radius 1 is 1.21 bits per heavy atom. The number of alkyl halides is 3. The number of hydrogen-bond donors (Lipinski definition) is 0. The van der Waals surface area contributed by atoms with Crippen molar-refractivity contribution in [3.05, 3.63) is 41.1 Å².